The van der Waals surface area contributed by atoms with Crippen molar-refractivity contribution in [2.45, 2.75) is 30.2 Å². The summed E-state index contributed by atoms with van der Waals surface area (Å²) in [5.74, 6) is 0.745. The first kappa shape index (κ1) is 18.4. The van der Waals surface area contributed by atoms with Gasteiger partial charge in [0.15, 0.2) is 15.6 Å². The van der Waals surface area contributed by atoms with E-state index in [1.165, 1.54) is 11.8 Å². The van der Waals surface area contributed by atoms with E-state index < -0.39 is 15.1 Å². The Morgan fingerprint density at radius 3 is 2.92 bits per heavy atom. The van der Waals surface area contributed by atoms with Gasteiger partial charge in [0.1, 0.15) is 0 Å². The van der Waals surface area contributed by atoms with Gasteiger partial charge in [0.05, 0.1) is 16.8 Å². The van der Waals surface area contributed by atoms with Crippen molar-refractivity contribution in [3.05, 3.63) is 40.7 Å². The van der Waals surface area contributed by atoms with Crippen LogP contribution in [0.15, 0.2) is 33.9 Å². The van der Waals surface area contributed by atoms with Gasteiger partial charge in [-0.2, -0.15) is 0 Å². The number of rotatable bonds is 6. The molecule has 1 aliphatic rings. The van der Waals surface area contributed by atoms with Gasteiger partial charge in [-0.1, -0.05) is 35.5 Å². The van der Waals surface area contributed by atoms with E-state index in [0.717, 1.165) is 0 Å². The lowest BCUT2D eigenvalue weighted by Gasteiger charge is -2.07. The molecule has 0 unspecified atom stereocenters. The van der Waals surface area contributed by atoms with Gasteiger partial charge < -0.3 is 4.42 Å². The van der Waals surface area contributed by atoms with E-state index in [4.69, 9.17) is 16.0 Å². The van der Waals surface area contributed by atoms with Gasteiger partial charge >= 0.3 is 0 Å². The smallest absolute Gasteiger partial charge is 0.277 e. The maximum Gasteiger partial charge on any atom is 0.277 e. The zero-order chi connectivity index (χ0) is 18.0. The van der Waals surface area contributed by atoms with E-state index >= 15 is 0 Å². The van der Waals surface area contributed by atoms with Gasteiger partial charge in [0.2, 0.25) is 5.89 Å². The highest BCUT2D eigenvalue weighted by Crippen LogP contribution is 2.27. The number of carbonyl (C=O) groups excluding carboxylic acids is 1. The lowest BCUT2D eigenvalue weighted by molar-refractivity contribution is 0.0993. The highest BCUT2D eigenvalue weighted by Gasteiger charge is 2.29. The van der Waals surface area contributed by atoms with Crippen LogP contribution in [-0.4, -0.2) is 41.2 Å². The van der Waals surface area contributed by atoms with E-state index in [0.29, 0.717) is 34.5 Å². The molecule has 3 rings (SSSR count). The monoisotopic (exact) mass is 400 g/mol. The number of hydrogen-bond acceptors (Lipinski definition) is 7. The minimum Gasteiger partial charge on any atom is -0.416 e. The lowest BCUT2D eigenvalue weighted by atomic mass is 10.1. The van der Waals surface area contributed by atoms with Crippen LogP contribution in [0.3, 0.4) is 0 Å². The second kappa shape index (κ2) is 7.47. The van der Waals surface area contributed by atoms with Crippen LogP contribution in [0, 0.1) is 5.92 Å². The number of carbonyl (C=O) groups is 1. The summed E-state index contributed by atoms with van der Waals surface area (Å²) in [6, 6.07) is 6.78. The molecule has 0 spiro atoms. The maximum absolute atomic E-state index is 12.4. The molecule has 1 saturated heterocycles. The molecule has 9 heteroatoms. The number of thioether (sulfide) groups is 1. The molecule has 2 heterocycles. The second-order valence-corrected chi connectivity index (χ2v) is 10.0. The number of hydrogen-bond donors (Lipinski definition) is 0. The highest BCUT2D eigenvalue weighted by atomic mass is 35.5. The van der Waals surface area contributed by atoms with Crippen molar-refractivity contribution in [2.24, 2.45) is 5.92 Å². The molecule has 134 valence electrons. The molecule has 0 radical (unpaired) electrons. The van der Waals surface area contributed by atoms with Gasteiger partial charge in [-0.3, -0.25) is 4.79 Å². The summed E-state index contributed by atoms with van der Waals surface area (Å²) in [6.45, 7) is 1.77. The van der Waals surface area contributed by atoms with E-state index in [1.54, 1.807) is 31.2 Å². The molecule has 0 bridgehead atoms. The summed E-state index contributed by atoms with van der Waals surface area (Å²) in [7, 11) is -2.92. The van der Waals surface area contributed by atoms with Crippen molar-refractivity contribution in [2.75, 3.05) is 11.5 Å². The third-order valence-electron chi connectivity index (χ3n) is 3.99. The first-order chi connectivity index (χ1) is 11.8. The number of halogens is 1. The molecule has 0 saturated carbocycles. The first-order valence-corrected chi connectivity index (χ1v) is 10.9. The van der Waals surface area contributed by atoms with Crippen molar-refractivity contribution in [3.8, 4) is 0 Å². The Kier molecular flexibility index (Phi) is 5.50. The minimum absolute atomic E-state index is 0.0221. The van der Waals surface area contributed by atoms with Crippen molar-refractivity contribution < 1.29 is 17.6 Å². The van der Waals surface area contributed by atoms with E-state index in [9.17, 15) is 13.2 Å². The Labute approximate surface area is 155 Å². The molecule has 0 N–H and O–H groups in total. The maximum atomic E-state index is 12.4. The molecule has 6 nitrogen and oxygen atoms in total. The van der Waals surface area contributed by atoms with Gasteiger partial charge in [0, 0.05) is 17.0 Å². The summed E-state index contributed by atoms with van der Waals surface area (Å²) in [4.78, 5) is 12.4. The van der Waals surface area contributed by atoms with Crippen LogP contribution in [0.4, 0.5) is 0 Å². The SMILES string of the molecule is C[C@@H](Sc1nnc(C[C@@H]2CCS(=O)(=O)C2)o1)C(=O)c1cccc(Cl)c1. The first-order valence-electron chi connectivity index (χ1n) is 7.81. The van der Waals surface area contributed by atoms with Gasteiger partial charge in [-0.25, -0.2) is 8.42 Å². The summed E-state index contributed by atoms with van der Waals surface area (Å²) >= 11 is 7.10. The Balaban J connectivity index is 1.60. The zero-order valence-corrected chi connectivity index (χ0v) is 15.9. The molecule has 1 aliphatic heterocycles. The Morgan fingerprint density at radius 2 is 2.24 bits per heavy atom. The summed E-state index contributed by atoms with van der Waals surface area (Å²) in [5.41, 5.74) is 0.531. The van der Waals surface area contributed by atoms with Crippen LogP contribution >= 0.6 is 23.4 Å². The normalized spacial score (nSPS) is 20.5. The zero-order valence-electron chi connectivity index (χ0n) is 13.5. The third-order valence-corrected chi connectivity index (χ3v) is 7.00. The van der Waals surface area contributed by atoms with Gasteiger partial charge in [-0.05, 0) is 31.4 Å². The molecular weight excluding hydrogens is 384 g/mol. The van der Waals surface area contributed by atoms with Crippen molar-refractivity contribution >= 4 is 39.0 Å². The van der Waals surface area contributed by atoms with Crippen LogP contribution in [-0.2, 0) is 16.3 Å². The van der Waals surface area contributed by atoms with E-state index in [2.05, 4.69) is 10.2 Å². The average Bonchev–Trinajstić information content (AvgIpc) is 3.12. The Hall–Kier alpha value is -1.38. The molecule has 2 aromatic rings. The summed E-state index contributed by atoms with van der Waals surface area (Å²) in [6.07, 6.45) is 1.07. The number of Topliss-reactive ketones (excluding diaryl/α,β-unsaturated/α-hetero) is 1. The fourth-order valence-corrected chi connectivity index (χ4v) is 5.56. The quantitative estimate of drug-likeness (QED) is 0.543. The molecule has 25 heavy (non-hydrogen) atoms. The van der Waals surface area contributed by atoms with Crippen LogP contribution in [0.1, 0.15) is 29.6 Å². The molecule has 2 atom stereocenters. The fourth-order valence-electron chi connectivity index (χ4n) is 2.73. The summed E-state index contributed by atoms with van der Waals surface area (Å²) < 4.78 is 28.6. The van der Waals surface area contributed by atoms with Crippen molar-refractivity contribution in [1.82, 2.24) is 10.2 Å². The van der Waals surface area contributed by atoms with Crippen LogP contribution in [0.2, 0.25) is 5.02 Å². The topological polar surface area (TPSA) is 90.1 Å². The van der Waals surface area contributed by atoms with Crippen LogP contribution < -0.4 is 0 Å². The highest BCUT2D eigenvalue weighted by molar-refractivity contribution is 8.00. The second-order valence-electron chi connectivity index (χ2n) is 6.07. The average molecular weight is 401 g/mol. The lowest BCUT2D eigenvalue weighted by Crippen LogP contribution is -2.13. The third kappa shape index (κ3) is 4.83. The predicted octanol–water partition coefficient (Wildman–Crippen LogP) is 3.06. The van der Waals surface area contributed by atoms with Crippen molar-refractivity contribution in [1.29, 1.82) is 0 Å². The Bertz CT molecular complexity index is 882. The number of benzene rings is 1. The van der Waals surface area contributed by atoms with Gasteiger partial charge in [-0.15, -0.1) is 10.2 Å². The molecule has 0 aliphatic carbocycles. The molecule has 1 aromatic heterocycles. The van der Waals surface area contributed by atoms with Crippen LogP contribution in [0.5, 0.6) is 0 Å². The predicted molar refractivity (Wildman–Crippen MR) is 95.9 cm³/mol. The van der Waals surface area contributed by atoms with Crippen molar-refractivity contribution in [3.63, 3.8) is 0 Å². The fraction of sp³-hybridized carbons (Fsp3) is 0.438. The van der Waals surface area contributed by atoms with E-state index in [1.807, 2.05) is 0 Å². The largest absolute Gasteiger partial charge is 0.416 e. The molecular formula is C16H17ClN2O4S2. The van der Waals surface area contributed by atoms with E-state index in [-0.39, 0.29) is 23.2 Å². The molecule has 1 fully saturated rings. The standard InChI is InChI=1S/C16H17ClN2O4S2/c1-10(15(20)12-3-2-4-13(17)8-12)24-16-19-18-14(23-16)7-11-5-6-25(21,22)9-11/h2-4,8,10-11H,5-7,9H2,1H3/t10-,11+/m1/s1. The Morgan fingerprint density at radius 1 is 1.44 bits per heavy atom. The summed E-state index contributed by atoms with van der Waals surface area (Å²) in [5, 5.41) is 8.32. The van der Waals surface area contributed by atoms with Gasteiger partial charge in [0.25, 0.3) is 5.22 Å². The number of nitrogens with zero attached hydrogens (tertiary/aromatic N) is 2. The van der Waals surface area contributed by atoms with Crippen LogP contribution in [0.25, 0.3) is 0 Å². The molecule has 0 amide bonds. The molecule has 1 aromatic carbocycles. The number of aromatic nitrogens is 2. The number of ketones is 1. The number of sulfone groups is 1. The minimum atomic E-state index is -2.92.